The largest absolute Gasteiger partial charge is 0.478 e. The molecule has 220 valence electrons. The molecule has 10 heteroatoms. The highest BCUT2D eigenvalue weighted by atomic mass is 19.1. The number of fused-ring (bicyclic) bond motifs is 1. The first-order chi connectivity index (χ1) is 20.7. The molecule has 2 aromatic heterocycles. The molecule has 2 aliphatic rings. The van der Waals surface area contributed by atoms with Crippen molar-refractivity contribution < 1.29 is 23.8 Å². The maximum Gasteiger partial charge on any atom is 0.335 e. The lowest BCUT2D eigenvalue weighted by Gasteiger charge is -2.38. The molecule has 1 fully saturated rings. The van der Waals surface area contributed by atoms with E-state index >= 15 is 0 Å². The standard InChI is InChI=1S/C33H32FN5O4/c1-33(2)20-38(18-30-36-28-9-8-22(32(40)41)15-29(28)39(30)17-24-11-13-42-24)12-10-25(33)27-4-3-5-31(37-27)43-19-23-7-6-21(16-35)14-26(23)34/h3-10,14-15,24H,11-13,17-20H2,1-2H3,(H,40,41)/t24-/m0/s1. The van der Waals surface area contributed by atoms with Crippen molar-refractivity contribution in [3.8, 4) is 11.9 Å². The first-order valence-corrected chi connectivity index (χ1v) is 14.3. The van der Waals surface area contributed by atoms with Crippen molar-refractivity contribution in [3.05, 3.63) is 94.7 Å². The summed E-state index contributed by atoms with van der Waals surface area (Å²) in [5.74, 6) is -0.171. The number of rotatable bonds is 9. The molecule has 2 aromatic carbocycles. The lowest BCUT2D eigenvalue weighted by molar-refractivity contribution is -0.0592. The van der Waals surface area contributed by atoms with Crippen LogP contribution in [0.15, 0.2) is 60.7 Å². The maximum atomic E-state index is 14.3. The van der Waals surface area contributed by atoms with Crippen molar-refractivity contribution in [2.75, 3.05) is 19.7 Å². The normalized spacial score (nSPS) is 18.1. The van der Waals surface area contributed by atoms with Gasteiger partial charge in [-0.05, 0) is 48.4 Å². The van der Waals surface area contributed by atoms with E-state index in [2.05, 4.69) is 29.4 Å². The van der Waals surface area contributed by atoms with Crippen LogP contribution in [-0.4, -0.2) is 56.3 Å². The van der Waals surface area contributed by atoms with E-state index in [0.717, 1.165) is 47.7 Å². The van der Waals surface area contributed by atoms with E-state index in [9.17, 15) is 14.3 Å². The van der Waals surface area contributed by atoms with E-state index in [1.54, 1.807) is 36.4 Å². The average molecular weight is 582 g/mol. The Morgan fingerprint density at radius 1 is 1.21 bits per heavy atom. The summed E-state index contributed by atoms with van der Waals surface area (Å²) >= 11 is 0. The number of aromatic nitrogens is 3. The monoisotopic (exact) mass is 581 g/mol. The predicted molar refractivity (Wildman–Crippen MR) is 158 cm³/mol. The number of pyridine rings is 1. The number of hydrogen-bond donors (Lipinski definition) is 1. The number of nitriles is 1. The highest BCUT2D eigenvalue weighted by Crippen LogP contribution is 2.38. The van der Waals surface area contributed by atoms with Gasteiger partial charge in [-0.25, -0.2) is 19.2 Å². The molecule has 1 N–H and O–H groups in total. The minimum absolute atomic E-state index is 0.00503. The van der Waals surface area contributed by atoms with Gasteiger partial charge in [-0.2, -0.15) is 5.26 Å². The summed E-state index contributed by atoms with van der Waals surface area (Å²) < 4.78 is 28.0. The fourth-order valence-electron chi connectivity index (χ4n) is 5.77. The van der Waals surface area contributed by atoms with Crippen LogP contribution >= 0.6 is 0 Å². The minimum atomic E-state index is -0.962. The van der Waals surface area contributed by atoms with Crippen LogP contribution in [0.5, 0.6) is 5.88 Å². The number of ether oxygens (including phenoxy) is 2. The van der Waals surface area contributed by atoms with E-state index in [0.29, 0.717) is 31.1 Å². The molecule has 0 spiro atoms. The Kier molecular flexibility index (Phi) is 7.69. The Morgan fingerprint density at radius 3 is 2.74 bits per heavy atom. The molecule has 0 aliphatic carbocycles. The number of nitrogens with zero attached hydrogens (tertiary/aromatic N) is 5. The van der Waals surface area contributed by atoms with Gasteiger partial charge >= 0.3 is 5.97 Å². The zero-order valence-electron chi connectivity index (χ0n) is 24.1. The molecule has 4 aromatic rings. The molecular formula is C33H32FN5O4. The number of carboxylic acid groups (broad SMARTS) is 1. The second kappa shape index (κ2) is 11.6. The van der Waals surface area contributed by atoms with Gasteiger partial charge in [0.05, 0.1) is 53.1 Å². The molecule has 2 aliphatic heterocycles. The van der Waals surface area contributed by atoms with Crippen LogP contribution in [0.4, 0.5) is 4.39 Å². The number of benzene rings is 2. The van der Waals surface area contributed by atoms with E-state index in [1.165, 1.54) is 6.07 Å². The van der Waals surface area contributed by atoms with E-state index < -0.39 is 11.8 Å². The third-order valence-electron chi connectivity index (χ3n) is 8.08. The van der Waals surface area contributed by atoms with Gasteiger partial charge < -0.3 is 19.1 Å². The second-order valence-electron chi connectivity index (χ2n) is 11.7. The van der Waals surface area contributed by atoms with Crippen LogP contribution in [0.25, 0.3) is 16.6 Å². The number of aromatic carboxylic acids is 1. The zero-order chi connectivity index (χ0) is 30.1. The number of halogens is 1. The van der Waals surface area contributed by atoms with Crippen LogP contribution in [0.3, 0.4) is 0 Å². The second-order valence-corrected chi connectivity index (χ2v) is 11.7. The van der Waals surface area contributed by atoms with Gasteiger partial charge in [-0.3, -0.25) is 4.90 Å². The summed E-state index contributed by atoms with van der Waals surface area (Å²) in [6.07, 6.45) is 3.25. The van der Waals surface area contributed by atoms with Crippen LogP contribution in [0.2, 0.25) is 0 Å². The van der Waals surface area contributed by atoms with Gasteiger partial charge in [-0.1, -0.05) is 32.1 Å². The lowest BCUT2D eigenvalue weighted by Crippen LogP contribution is -2.40. The van der Waals surface area contributed by atoms with Crippen LogP contribution in [0, 0.1) is 22.6 Å². The molecule has 0 amide bonds. The van der Waals surface area contributed by atoms with Gasteiger partial charge in [0, 0.05) is 36.7 Å². The number of imidazole rings is 1. The van der Waals surface area contributed by atoms with Crippen molar-refractivity contribution >= 4 is 22.6 Å². The van der Waals surface area contributed by atoms with Crippen molar-refractivity contribution in [1.29, 1.82) is 5.26 Å². The summed E-state index contributed by atoms with van der Waals surface area (Å²) in [6.45, 7) is 7.78. The Hall–Kier alpha value is -4.59. The van der Waals surface area contributed by atoms with E-state index in [1.807, 2.05) is 18.2 Å². The smallest absolute Gasteiger partial charge is 0.335 e. The molecule has 9 nitrogen and oxygen atoms in total. The highest BCUT2D eigenvalue weighted by Gasteiger charge is 2.33. The Bertz CT molecular complexity index is 1770. The quantitative estimate of drug-likeness (QED) is 0.278. The lowest BCUT2D eigenvalue weighted by atomic mass is 9.79. The molecule has 0 unspecified atom stereocenters. The van der Waals surface area contributed by atoms with Gasteiger partial charge in [-0.15, -0.1) is 0 Å². The summed E-state index contributed by atoms with van der Waals surface area (Å²) in [7, 11) is 0. The van der Waals surface area contributed by atoms with Gasteiger partial charge in [0.25, 0.3) is 0 Å². The fourth-order valence-corrected chi connectivity index (χ4v) is 5.77. The molecule has 0 bridgehead atoms. The van der Waals surface area contributed by atoms with Crippen LogP contribution < -0.4 is 4.74 Å². The number of carbonyl (C=O) groups is 1. The first-order valence-electron chi connectivity index (χ1n) is 14.3. The molecule has 1 atom stereocenters. The summed E-state index contributed by atoms with van der Waals surface area (Å²) in [6, 6.07) is 16.9. The van der Waals surface area contributed by atoms with E-state index in [4.69, 9.17) is 24.7 Å². The van der Waals surface area contributed by atoms with Crippen LogP contribution in [0.1, 0.15) is 53.3 Å². The Labute approximate surface area is 248 Å². The van der Waals surface area contributed by atoms with Crippen LogP contribution in [-0.2, 0) is 24.4 Å². The number of hydrogen-bond acceptors (Lipinski definition) is 7. The molecule has 43 heavy (non-hydrogen) atoms. The third kappa shape index (κ3) is 6.00. The first kappa shape index (κ1) is 28.5. The van der Waals surface area contributed by atoms with E-state index in [-0.39, 0.29) is 29.3 Å². The van der Waals surface area contributed by atoms with Crippen molar-refractivity contribution in [3.63, 3.8) is 0 Å². The molecule has 0 radical (unpaired) electrons. The van der Waals surface area contributed by atoms with Gasteiger partial charge in [0.15, 0.2) is 0 Å². The van der Waals surface area contributed by atoms with Gasteiger partial charge in [0.1, 0.15) is 18.2 Å². The minimum Gasteiger partial charge on any atom is -0.478 e. The highest BCUT2D eigenvalue weighted by molar-refractivity contribution is 5.92. The van der Waals surface area contributed by atoms with Crippen molar-refractivity contribution in [1.82, 2.24) is 19.4 Å². The Balaban J connectivity index is 1.20. The maximum absolute atomic E-state index is 14.3. The molecule has 1 saturated heterocycles. The average Bonchev–Trinajstić information content (AvgIpc) is 3.29. The molecule has 4 heterocycles. The fraction of sp³-hybridized carbons (Fsp3) is 0.333. The summed E-state index contributed by atoms with van der Waals surface area (Å²) in [4.78, 5) is 23.6. The summed E-state index contributed by atoms with van der Waals surface area (Å²) in [5, 5.41) is 18.5. The van der Waals surface area contributed by atoms with Crippen molar-refractivity contribution in [2.45, 2.75) is 46.1 Å². The summed E-state index contributed by atoms with van der Waals surface area (Å²) in [5.41, 5.74) is 4.09. The molecule has 6 rings (SSSR count). The SMILES string of the molecule is CC1(C)CN(Cc2nc3ccc(C(=O)O)cc3n2C[C@@H]2CCO2)CC=C1c1cccc(OCc2ccc(C#N)cc2F)n1. The predicted octanol–water partition coefficient (Wildman–Crippen LogP) is 5.43. The molecular weight excluding hydrogens is 549 g/mol. The Morgan fingerprint density at radius 2 is 2.05 bits per heavy atom. The topological polar surface area (TPSA) is 114 Å². The van der Waals surface area contributed by atoms with Crippen molar-refractivity contribution in [2.24, 2.45) is 5.41 Å². The third-order valence-corrected chi connectivity index (χ3v) is 8.08. The molecule has 0 saturated carbocycles. The number of carboxylic acids is 1. The zero-order valence-corrected chi connectivity index (χ0v) is 24.1. The van der Waals surface area contributed by atoms with Gasteiger partial charge in [0.2, 0.25) is 5.88 Å².